The van der Waals surface area contributed by atoms with Crippen molar-refractivity contribution in [2.75, 3.05) is 36.7 Å². The molecule has 1 heterocycles. The van der Waals surface area contributed by atoms with Crippen LogP contribution < -0.4 is 20.3 Å². The largest absolute Gasteiger partial charge is 0.497 e. The van der Waals surface area contributed by atoms with Crippen LogP contribution in [0.5, 0.6) is 5.75 Å². The molecule has 0 atom stereocenters. The van der Waals surface area contributed by atoms with Crippen LogP contribution in [0, 0.1) is 0 Å². The maximum atomic E-state index is 5.16. The summed E-state index contributed by atoms with van der Waals surface area (Å²) >= 11 is 0. The van der Waals surface area contributed by atoms with Crippen molar-refractivity contribution in [1.29, 1.82) is 0 Å². The van der Waals surface area contributed by atoms with E-state index < -0.39 is 0 Å². The second-order valence-electron chi connectivity index (χ2n) is 5.71. The van der Waals surface area contributed by atoms with Crippen LogP contribution in [0.15, 0.2) is 60.9 Å². The number of hydrogen-bond acceptors (Lipinski definition) is 6. The van der Waals surface area contributed by atoms with Crippen LogP contribution in [0.3, 0.4) is 0 Å². The summed E-state index contributed by atoms with van der Waals surface area (Å²) in [7, 11) is 5.68. The van der Waals surface area contributed by atoms with E-state index >= 15 is 0 Å². The zero-order valence-electron chi connectivity index (χ0n) is 14.5. The molecule has 0 unspecified atom stereocenters. The molecule has 0 aliphatic rings. The van der Waals surface area contributed by atoms with Gasteiger partial charge >= 0.3 is 0 Å². The van der Waals surface area contributed by atoms with Crippen molar-refractivity contribution in [3.8, 4) is 5.75 Å². The maximum absolute atomic E-state index is 5.16. The van der Waals surface area contributed by atoms with E-state index in [0.717, 1.165) is 28.6 Å². The van der Waals surface area contributed by atoms with Crippen molar-refractivity contribution in [1.82, 2.24) is 9.97 Å². The van der Waals surface area contributed by atoms with Gasteiger partial charge in [0.05, 0.1) is 7.11 Å². The molecule has 0 saturated heterocycles. The molecule has 0 radical (unpaired) electrons. The summed E-state index contributed by atoms with van der Waals surface area (Å²) in [6.07, 6.45) is 1.53. The first-order valence-electron chi connectivity index (χ1n) is 7.91. The zero-order chi connectivity index (χ0) is 17.6. The Morgan fingerprint density at radius 2 is 1.32 bits per heavy atom. The van der Waals surface area contributed by atoms with Gasteiger partial charge in [-0.1, -0.05) is 0 Å². The third-order valence-electron chi connectivity index (χ3n) is 3.69. The quantitative estimate of drug-likeness (QED) is 0.709. The molecule has 0 aliphatic heterocycles. The number of nitrogens with one attached hydrogen (secondary N) is 2. The summed E-state index contributed by atoms with van der Waals surface area (Å²) < 4.78 is 5.16. The molecule has 0 bridgehead atoms. The minimum absolute atomic E-state index is 0.715. The lowest BCUT2D eigenvalue weighted by Crippen LogP contribution is -2.08. The van der Waals surface area contributed by atoms with Gasteiger partial charge in [0.15, 0.2) is 0 Å². The average molecular weight is 335 g/mol. The molecular weight excluding hydrogens is 314 g/mol. The van der Waals surface area contributed by atoms with Crippen LogP contribution >= 0.6 is 0 Å². The molecule has 0 saturated carbocycles. The fourth-order valence-electron chi connectivity index (χ4n) is 2.31. The van der Waals surface area contributed by atoms with E-state index in [0.29, 0.717) is 5.82 Å². The van der Waals surface area contributed by atoms with Gasteiger partial charge in [-0.15, -0.1) is 0 Å². The number of aromatic nitrogens is 2. The van der Waals surface area contributed by atoms with Crippen molar-refractivity contribution in [2.45, 2.75) is 0 Å². The molecule has 0 amide bonds. The molecule has 6 nitrogen and oxygen atoms in total. The Morgan fingerprint density at radius 1 is 0.800 bits per heavy atom. The van der Waals surface area contributed by atoms with Gasteiger partial charge in [-0.25, -0.2) is 9.97 Å². The first-order valence-corrected chi connectivity index (χ1v) is 7.91. The first-order chi connectivity index (χ1) is 12.1. The molecule has 2 aromatic carbocycles. The van der Waals surface area contributed by atoms with Crippen LogP contribution in [-0.2, 0) is 0 Å². The van der Waals surface area contributed by atoms with Gasteiger partial charge in [0.1, 0.15) is 23.7 Å². The first kappa shape index (κ1) is 16.6. The zero-order valence-corrected chi connectivity index (χ0v) is 14.5. The lowest BCUT2D eigenvalue weighted by atomic mass is 10.2. The van der Waals surface area contributed by atoms with Gasteiger partial charge in [-0.2, -0.15) is 0 Å². The van der Waals surface area contributed by atoms with Gasteiger partial charge in [0.25, 0.3) is 0 Å². The molecule has 2 N–H and O–H groups in total. The van der Waals surface area contributed by atoms with Crippen molar-refractivity contribution in [3.05, 3.63) is 60.9 Å². The number of anilines is 5. The van der Waals surface area contributed by atoms with Crippen LogP contribution in [0.1, 0.15) is 0 Å². The monoisotopic (exact) mass is 335 g/mol. The average Bonchev–Trinajstić information content (AvgIpc) is 2.63. The number of rotatable bonds is 6. The van der Waals surface area contributed by atoms with Crippen LogP contribution in [0.4, 0.5) is 28.7 Å². The Bertz CT molecular complexity index is 816. The van der Waals surface area contributed by atoms with Crippen molar-refractivity contribution in [3.63, 3.8) is 0 Å². The number of nitrogens with zero attached hydrogens (tertiary/aromatic N) is 3. The van der Waals surface area contributed by atoms with E-state index in [1.165, 1.54) is 6.33 Å². The summed E-state index contributed by atoms with van der Waals surface area (Å²) in [6, 6.07) is 17.7. The summed E-state index contributed by atoms with van der Waals surface area (Å²) in [5.41, 5.74) is 3.05. The smallest absolute Gasteiger partial charge is 0.135 e. The predicted octanol–water partition coefficient (Wildman–Crippen LogP) is 4.04. The summed E-state index contributed by atoms with van der Waals surface area (Å²) in [4.78, 5) is 10.6. The highest BCUT2D eigenvalue weighted by Gasteiger charge is 2.02. The third-order valence-corrected chi connectivity index (χ3v) is 3.69. The van der Waals surface area contributed by atoms with Crippen LogP contribution in [0.2, 0.25) is 0 Å². The Kier molecular flexibility index (Phi) is 4.99. The third kappa shape index (κ3) is 4.38. The molecule has 25 heavy (non-hydrogen) atoms. The normalized spacial score (nSPS) is 10.2. The fraction of sp³-hybridized carbons (Fsp3) is 0.158. The minimum Gasteiger partial charge on any atom is -0.497 e. The van der Waals surface area contributed by atoms with Gasteiger partial charge in [-0.3, -0.25) is 0 Å². The molecule has 3 rings (SSSR count). The Labute approximate surface area is 147 Å². The fourth-order valence-corrected chi connectivity index (χ4v) is 2.31. The number of hydrogen-bond donors (Lipinski definition) is 2. The molecule has 0 spiro atoms. The summed E-state index contributed by atoms with van der Waals surface area (Å²) in [5.74, 6) is 2.26. The second-order valence-corrected chi connectivity index (χ2v) is 5.71. The van der Waals surface area contributed by atoms with Gasteiger partial charge in [0, 0.05) is 37.2 Å². The van der Waals surface area contributed by atoms with E-state index in [1.807, 2.05) is 56.6 Å². The van der Waals surface area contributed by atoms with Crippen LogP contribution in [0.25, 0.3) is 0 Å². The lowest BCUT2D eigenvalue weighted by molar-refractivity contribution is 0.415. The molecule has 0 aliphatic carbocycles. The molecule has 1 aromatic heterocycles. The Hall–Kier alpha value is -3.28. The van der Waals surface area contributed by atoms with Crippen LogP contribution in [-0.4, -0.2) is 31.2 Å². The van der Waals surface area contributed by atoms with E-state index in [4.69, 9.17) is 4.74 Å². The molecular formula is C19H21N5O. The highest BCUT2D eigenvalue weighted by atomic mass is 16.5. The number of methoxy groups -OCH3 is 1. The molecule has 6 heteroatoms. The van der Waals surface area contributed by atoms with Crippen molar-refractivity contribution in [2.24, 2.45) is 0 Å². The number of ether oxygens (including phenoxy) is 1. The van der Waals surface area contributed by atoms with Crippen molar-refractivity contribution >= 4 is 28.7 Å². The number of benzene rings is 2. The molecule has 3 aromatic rings. The lowest BCUT2D eigenvalue weighted by Gasteiger charge is -2.13. The molecule has 0 fully saturated rings. The van der Waals surface area contributed by atoms with Gasteiger partial charge in [-0.05, 0) is 48.5 Å². The Morgan fingerprint density at radius 3 is 1.80 bits per heavy atom. The molecule has 128 valence electrons. The van der Waals surface area contributed by atoms with E-state index in [2.05, 4.69) is 37.6 Å². The SMILES string of the molecule is COc1ccc(Nc2cc(Nc3ccc(N(C)C)cc3)ncn2)cc1. The van der Waals surface area contributed by atoms with Gasteiger partial charge in [0.2, 0.25) is 0 Å². The Balaban J connectivity index is 1.70. The van der Waals surface area contributed by atoms with E-state index in [9.17, 15) is 0 Å². The predicted molar refractivity (Wildman–Crippen MR) is 102 cm³/mol. The minimum atomic E-state index is 0.715. The van der Waals surface area contributed by atoms with E-state index in [-0.39, 0.29) is 0 Å². The maximum Gasteiger partial charge on any atom is 0.135 e. The topological polar surface area (TPSA) is 62.3 Å². The second kappa shape index (κ2) is 7.53. The van der Waals surface area contributed by atoms with E-state index in [1.54, 1.807) is 7.11 Å². The highest BCUT2D eigenvalue weighted by molar-refractivity contribution is 5.64. The highest BCUT2D eigenvalue weighted by Crippen LogP contribution is 2.22. The van der Waals surface area contributed by atoms with Crippen molar-refractivity contribution < 1.29 is 4.74 Å². The standard InChI is InChI=1S/C19H21N5O/c1-24(2)16-8-4-14(5-9-16)22-18-12-19(21-13-20-18)23-15-6-10-17(25-3)11-7-15/h4-13H,1-3H3,(H2,20,21,22,23). The summed E-state index contributed by atoms with van der Waals surface area (Å²) in [5, 5.41) is 6.54. The summed E-state index contributed by atoms with van der Waals surface area (Å²) in [6.45, 7) is 0. The van der Waals surface area contributed by atoms with Gasteiger partial charge < -0.3 is 20.3 Å².